The van der Waals surface area contributed by atoms with Crippen molar-refractivity contribution in [1.29, 1.82) is 0 Å². The molecular formula is C18H33N5O2. The fourth-order valence-corrected chi connectivity index (χ4v) is 3.87. The maximum Gasteiger partial charge on any atom is 0.243 e. The van der Waals surface area contributed by atoms with Gasteiger partial charge in [0.1, 0.15) is 6.54 Å². The van der Waals surface area contributed by atoms with Gasteiger partial charge >= 0.3 is 0 Å². The molecule has 0 aromatic carbocycles. The van der Waals surface area contributed by atoms with E-state index in [0.717, 1.165) is 45.2 Å². The van der Waals surface area contributed by atoms with Crippen molar-refractivity contribution in [3.05, 3.63) is 0 Å². The fourth-order valence-electron chi connectivity index (χ4n) is 3.87. The molecule has 3 heterocycles. The first-order chi connectivity index (χ1) is 12.1. The summed E-state index contributed by atoms with van der Waals surface area (Å²) in [6.07, 6.45) is 4.95. The maximum absolute atomic E-state index is 11.9. The summed E-state index contributed by atoms with van der Waals surface area (Å²) in [5.41, 5.74) is 0. The van der Waals surface area contributed by atoms with Gasteiger partial charge in [0.05, 0.1) is 6.61 Å². The van der Waals surface area contributed by atoms with E-state index in [4.69, 9.17) is 4.74 Å². The number of carbonyl (C=O) groups is 1. The molecule has 7 nitrogen and oxygen atoms in total. The maximum atomic E-state index is 11.9. The van der Waals surface area contributed by atoms with Crippen molar-refractivity contribution >= 4 is 11.9 Å². The molecule has 3 fully saturated rings. The lowest BCUT2D eigenvalue weighted by atomic mass is 10.1. The Morgan fingerprint density at radius 1 is 1.24 bits per heavy atom. The van der Waals surface area contributed by atoms with Crippen molar-refractivity contribution in [3.8, 4) is 0 Å². The lowest BCUT2D eigenvalue weighted by molar-refractivity contribution is -0.127. The van der Waals surface area contributed by atoms with Crippen molar-refractivity contribution < 1.29 is 9.53 Å². The number of nitrogens with zero attached hydrogens (tertiary/aromatic N) is 4. The largest absolute Gasteiger partial charge is 0.381 e. The van der Waals surface area contributed by atoms with Gasteiger partial charge in [0.25, 0.3) is 0 Å². The average molecular weight is 351 g/mol. The SMILES string of the molecule is CN(C)C(=O)CN=C(NCC1CCOC1)N1CCC(N2CCCC2)C1. The summed E-state index contributed by atoms with van der Waals surface area (Å²) >= 11 is 0. The van der Waals surface area contributed by atoms with E-state index in [9.17, 15) is 4.79 Å². The topological polar surface area (TPSA) is 60.4 Å². The highest BCUT2D eigenvalue weighted by molar-refractivity contribution is 5.85. The van der Waals surface area contributed by atoms with Gasteiger partial charge in [0.2, 0.25) is 5.91 Å². The molecule has 0 saturated carbocycles. The number of guanidine groups is 1. The predicted octanol–water partition coefficient (Wildman–Crippen LogP) is 0.227. The number of amides is 1. The third-order valence-corrected chi connectivity index (χ3v) is 5.56. The van der Waals surface area contributed by atoms with E-state index in [1.54, 1.807) is 19.0 Å². The van der Waals surface area contributed by atoms with E-state index in [0.29, 0.717) is 12.0 Å². The van der Waals surface area contributed by atoms with Crippen LogP contribution in [0.2, 0.25) is 0 Å². The lowest BCUT2D eigenvalue weighted by Crippen LogP contribution is -2.44. The third kappa shape index (κ3) is 5.07. The summed E-state index contributed by atoms with van der Waals surface area (Å²) in [5.74, 6) is 1.48. The van der Waals surface area contributed by atoms with Crippen LogP contribution in [0.15, 0.2) is 4.99 Å². The van der Waals surface area contributed by atoms with E-state index in [2.05, 4.69) is 20.1 Å². The molecule has 0 aromatic rings. The van der Waals surface area contributed by atoms with Gasteiger partial charge in [-0.15, -0.1) is 0 Å². The second-order valence-corrected chi connectivity index (χ2v) is 7.67. The molecule has 0 aliphatic carbocycles. The van der Waals surface area contributed by atoms with Crippen molar-refractivity contribution in [3.63, 3.8) is 0 Å². The van der Waals surface area contributed by atoms with Crippen molar-refractivity contribution in [2.24, 2.45) is 10.9 Å². The average Bonchev–Trinajstić information content (AvgIpc) is 3.35. The number of hydrogen-bond acceptors (Lipinski definition) is 4. The Bertz CT molecular complexity index is 470. The number of likely N-dealkylation sites (N-methyl/N-ethyl adjacent to an activating group) is 1. The number of nitrogens with one attached hydrogen (secondary N) is 1. The molecule has 0 spiro atoms. The number of likely N-dealkylation sites (tertiary alicyclic amines) is 2. The van der Waals surface area contributed by atoms with Gasteiger partial charge in [-0.3, -0.25) is 9.69 Å². The number of carbonyl (C=O) groups excluding carboxylic acids is 1. The van der Waals surface area contributed by atoms with Crippen LogP contribution < -0.4 is 5.32 Å². The molecule has 2 unspecified atom stereocenters. The number of aliphatic imine (C=N–C) groups is 1. The quantitative estimate of drug-likeness (QED) is 0.567. The monoisotopic (exact) mass is 351 g/mol. The summed E-state index contributed by atoms with van der Waals surface area (Å²) in [5, 5.41) is 3.52. The molecule has 2 atom stereocenters. The molecule has 0 radical (unpaired) electrons. The van der Waals surface area contributed by atoms with Crippen molar-refractivity contribution in [2.45, 2.75) is 31.7 Å². The molecule has 0 bridgehead atoms. The first-order valence-electron chi connectivity index (χ1n) is 9.68. The van der Waals surface area contributed by atoms with Gasteiger partial charge in [-0.2, -0.15) is 0 Å². The lowest BCUT2D eigenvalue weighted by Gasteiger charge is -2.26. The van der Waals surface area contributed by atoms with E-state index < -0.39 is 0 Å². The first-order valence-corrected chi connectivity index (χ1v) is 9.68. The van der Waals surface area contributed by atoms with Gasteiger partial charge in [0, 0.05) is 52.3 Å². The predicted molar refractivity (Wildman–Crippen MR) is 98.7 cm³/mol. The van der Waals surface area contributed by atoms with Gasteiger partial charge in [-0.25, -0.2) is 4.99 Å². The Hall–Kier alpha value is -1.34. The van der Waals surface area contributed by atoms with Crippen LogP contribution in [0.3, 0.4) is 0 Å². The second kappa shape index (κ2) is 8.85. The van der Waals surface area contributed by atoms with Crippen LogP contribution in [0.25, 0.3) is 0 Å². The Balaban J connectivity index is 1.58. The van der Waals surface area contributed by atoms with Crippen LogP contribution >= 0.6 is 0 Å². The molecule has 3 aliphatic heterocycles. The minimum Gasteiger partial charge on any atom is -0.381 e. The molecule has 1 amide bonds. The van der Waals surface area contributed by atoms with Crippen LogP contribution in [0.1, 0.15) is 25.7 Å². The van der Waals surface area contributed by atoms with E-state index in [1.807, 2.05) is 0 Å². The molecule has 25 heavy (non-hydrogen) atoms. The Morgan fingerprint density at radius 2 is 2.04 bits per heavy atom. The van der Waals surface area contributed by atoms with Gasteiger partial charge < -0.3 is 19.9 Å². The second-order valence-electron chi connectivity index (χ2n) is 7.67. The van der Waals surface area contributed by atoms with E-state index in [-0.39, 0.29) is 12.5 Å². The van der Waals surface area contributed by atoms with Crippen LogP contribution in [0.5, 0.6) is 0 Å². The summed E-state index contributed by atoms with van der Waals surface area (Å²) in [6.45, 7) is 7.27. The zero-order valence-corrected chi connectivity index (χ0v) is 15.7. The van der Waals surface area contributed by atoms with Gasteiger partial charge in [0.15, 0.2) is 5.96 Å². The third-order valence-electron chi connectivity index (χ3n) is 5.56. The highest BCUT2D eigenvalue weighted by atomic mass is 16.5. The minimum absolute atomic E-state index is 0.0405. The zero-order valence-electron chi connectivity index (χ0n) is 15.7. The van der Waals surface area contributed by atoms with E-state index >= 15 is 0 Å². The number of ether oxygens (including phenoxy) is 1. The smallest absolute Gasteiger partial charge is 0.243 e. The first kappa shape index (κ1) is 18.5. The molecule has 3 rings (SSSR count). The Morgan fingerprint density at radius 3 is 2.72 bits per heavy atom. The van der Waals surface area contributed by atoms with Crippen LogP contribution in [-0.4, -0.2) is 99.2 Å². The molecule has 1 N–H and O–H groups in total. The summed E-state index contributed by atoms with van der Waals surface area (Å²) in [7, 11) is 3.56. The van der Waals surface area contributed by atoms with E-state index in [1.165, 1.54) is 32.4 Å². The standard InChI is InChI=1S/C18H33N5O2/c1-21(2)17(24)12-20-18(19-11-15-6-10-25-14-15)23-9-5-16(13-23)22-7-3-4-8-22/h15-16H,3-14H2,1-2H3,(H,19,20). The molecule has 3 aliphatic rings. The molecule has 7 heteroatoms. The summed E-state index contributed by atoms with van der Waals surface area (Å²) < 4.78 is 5.47. The summed E-state index contributed by atoms with van der Waals surface area (Å²) in [6, 6.07) is 0.633. The highest BCUT2D eigenvalue weighted by Crippen LogP contribution is 2.20. The van der Waals surface area contributed by atoms with Crippen molar-refractivity contribution in [2.75, 3.05) is 66.6 Å². The van der Waals surface area contributed by atoms with Gasteiger partial charge in [-0.05, 0) is 38.8 Å². The Kier molecular flexibility index (Phi) is 6.53. The molecule has 0 aromatic heterocycles. The van der Waals surface area contributed by atoms with Crippen LogP contribution in [0, 0.1) is 5.92 Å². The molecule has 142 valence electrons. The molecule has 3 saturated heterocycles. The fraction of sp³-hybridized carbons (Fsp3) is 0.889. The Labute approximate surface area is 151 Å². The highest BCUT2D eigenvalue weighted by Gasteiger charge is 2.31. The normalized spacial score (nSPS) is 27.9. The number of hydrogen-bond donors (Lipinski definition) is 1. The summed E-state index contributed by atoms with van der Waals surface area (Å²) in [4.78, 5) is 23.1. The minimum atomic E-state index is 0.0405. The molecular weight excluding hydrogens is 318 g/mol. The number of rotatable bonds is 5. The van der Waals surface area contributed by atoms with Crippen LogP contribution in [0.4, 0.5) is 0 Å². The van der Waals surface area contributed by atoms with Gasteiger partial charge in [-0.1, -0.05) is 0 Å². The van der Waals surface area contributed by atoms with Crippen LogP contribution in [-0.2, 0) is 9.53 Å². The zero-order chi connectivity index (χ0) is 17.6. The van der Waals surface area contributed by atoms with Crippen molar-refractivity contribution in [1.82, 2.24) is 20.0 Å².